The molecule has 3 N–H and O–H groups in total. The Balaban J connectivity index is 0.00000420. The zero-order chi connectivity index (χ0) is 20.4. The van der Waals surface area contributed by atoms with Crippen LogP contribution in [0.3, 0.4) is 0 Å². The van der Waals surface area contributed by atoms with Gasteiger partial charge in [-0.05, 0) is 32.4 Å². The second kappa shape index (κ2) is 13.2. The highest BCUT2D eigenvalue weighted by Gasteiger charge is 2.18. The molecule has 0 bridgehead atoms. The highest BCUT2D eigenvalue weighted by molar-refractivity contribution is 14.0. The molecule has 8 nitrogen and oxygen atoms in total. The van der Waals surface area contributed by atoms with Crippen LogP contribution in [0.2, 0.25) is 0 Å². The molecule has 1 atom stereocenters. The zero-order valence-electron chi connectivity index (χ0n) is 17.4. The molecular weight excluding hydrogens is 507 g/mol. The van der Waals surface area contributed by atoms with Crippen molar-refractivity contribution in [3.8, 4) is 5.75 Å². The third-order valence-corrected chi connectivity index (χ3v) is 5.68. The van der Waals surface area contributed by atoms with E-state index in [0.717, 1.165) is 29.9 Å². The molecule has 0 saturated carbocycles. The molecule has 1 fully saturated rings. The topological polar surface area (TPSA) is 101 Å². The first-order chi connectivity index (χ1) is 13.4. The summed E-state index contributed by atoms with van der Waals surface area (Å²) < 4.78 is 37.0. The maximum absolute atomic E-state index is 11.5. The van der Waals surface area contributed by atoms with Crippen LogP contribution in [0, 0.1) is 6.92 Å². The number of benzene rings is 1. The van der Waals surface area contributed by atoms with Gasteiger partial charge in [0, 0.05) is 31.6 Å². The number of sulfonamides is 1. The molecule has 0 aromatic heterocycles. The lowest BCUT2D eigenvalue weighted by atomic mass is 10.1. The molecule has 0 amide bonds. The van der Waals surface area contributed by atoms with Gasteiger partial charge in [-0.25, -0.2) is 18.1 Å². The van der Waals surface area contributed by atoms with E-state index in [1.807, 2.05) is 32.0 Å². The molecule has 1 aliphatic heterocycles. The van der Waals surface area contributed by atoms with Gasteiger partial charge in [0.25, 0.3) is 0 Å². The van der Waals surface area contributed by atoms with Crippen LogP contribution in [-0.4, -0.2) is 59.1 Å². The van der Waals surface area contributed by atoms with Gasteiger partial charge in [-0.3, -0.25) is 0 Å². The second-order valence-electron chi connectivity index (χ2n) is 6.63. The van der Waals surface area contributed by atoms with E-state index < -0.39 is 10.0 Å². The number of hydrogen-bond acceptors (Lipinski definition) is 5. The van der Waals surface area contributed by atoms with E-state index in [4.69, 9.17) is 9.47 Å². The van der Waals surface area contributed by atoms with Crippen LogP contribution < -0.4 is 20.1 Å². The number of nitrogens with zero attached hydrogens (tertiary/aromatic N) is 1. The molecule has 2 rings (SSSR count). The molecule has 166 valence electrons. The Hall–Kier alpha value is -1.11. The number of rotatable bonds is 10. The van der Waals surface area contributed by atoms with Crippen LogP contribution in [0.15, 0.2) is 23.2 Å². The Morgan fingerprint density at radius 1 is 1.28 bits per heavy atom. The smallest absolute Gasteiger partial charge is 0.211 e. The number of halogens is 1. The molecule has 0 aliphatic carbocycles. The van der Waals surface area contributed by atoms with Crippen LogP contribution in [0.25, 0.3) is 0 Å². The quantitative estimate of drug-likeness (QED) is 0.181. The molecule has 0 spiro atoms. The van der Waals surface area contributed by atoms with Crippen LogP contribution in [0.5, 0.6) is 5.75 Å². The van der Waals surface area contributed by atoms with Crippen molar-refractivity contribution in [2.24, 2.45) is 4.99 Å². The Kier molecular flexibility index (Phi) is 11.8. The van der Waals surface area contributed by atoms with Crippen molar-refractivity contribution in [3.05, 3.63) is 29.3 Å². The Morgan fingerprint density at radius 2 is 2.07 bits per heavy atom. The van der Waals surface area contributed by atoms with Crippen molar-refractivity contribution in [1.29, 1.82) is 0 Å². The summed E-state index contributed by atoms with van der Waals surface area (Å²) in [6.45, 7) is 8.91. The van der Waals surface area contributed by atoms with E-state index in [1.165, 1.54) is 0 Å². The van der Waals surface area contributed by atoms with Crippen molar-refractivity contribution in [2.75, 3.05) is 38.6 Å². The summed E-state index contributed by atoms with van der Waals surface area (Å²) in [5, 5.41) is 6.31. The van der Waals surface area contributed by atoms with E-state index in [0.29, 0.717) is 38.7 Å². The van der Waals surface area contributed by atoms with Crippen molar-refractivity contribution in [3.63, 3.8) is 0 Å². The molecular formula is C19H33IN4O4S. The zero-order valence-corrected chi connectivity index (χ0v) is 20.5. The van der Waals surface area contributed by atoms with Gasteiger partial charge >= 0.3 is 0 Å². The van der Waals surface area contributed by atoms with Crippen molar-refractivity contribution >= 4 is 40.0 Å². The lowest BCUT2D eigenvalue weighted by Gasteiger charge is -2.16. The van der Waals surface area contributed by atoms with Gasteiger partial charge in [0.1, 0.15) is 11.9 Å². The Morgan fingerprint density at radius 3 is 2.72 bits per heavy atom. The molecule has 1 unspecified atom stereocenters. The standard InChI is InChI=1S/C19H32N4O4S.HI/c1-4-20-19(21-9-10-23-28(24,25)5-2)22-13-16-7-6-15(3)12-18(16)27-17-8-11-26-14-17;/h6-7,12,17,23H,4-5,8-11,13-14H2,1-3H3,(H2,20,21,22);1H. The first-order valence-electron chi connectivity index (χ1n) is 9.77. The lowest BCUT2D eigenvalue weighted by molar-refractivity contribution is 0.140. The predicted molar refractivity (Wildman–Crippen MR) is 127 cm³/mol. The van der Waals surface area contributed by atoms with Crippen LogP contribution in [0.1, 0.15) is 31.4 Å². The highest BCUT2D eigenvalue weighted by Crippen LogP contribution is 2.24. The monoisotopic (exact) mass is 540 g/mol. The number of aliphatic imine (C=N–C) groups is 1. The van der Waals surface area contributed by atoms with Crippen LogP contribution in [-0.2, 0) is 21.3 Å². The van der Waals surface area contributed by atoms with Crippen molar-refractivity contribution in [1.82, 2.24) is 15.4 Å². The van der Waals surface area contributed by atoms with Gasteiger partial charge < -0.3 is 20.1 Å². The van der Waals surface area contributed by atoms with E-state index in [9.17, 15) is 8.42 Å². The summed E-state index contributed by atoms with van der Waals surface area (Å²) >= 11 is 0. The minimum Gasteiger partial charge on any atom is -0.488 e. The molecule has 29 heavy (non-hydrogen) atoms. The van der Waals surface area contributed by atoms with Crippen molar-refractivity contribution < 1.29 is 17.9 Å². The number of aryl methyl sites for hydroxylation is 1. The van der Waals surface area contributed by atoms with Gasteiger partial charge in [-0.2, -0.15) is 0 Å². The van der Waals surface area contributed by atoms with E-state index in [1.54, 1.807) is 6.92 Å². The number of nitrogens with one attached hydrogen (secondary N) is 3. The van der Waals surface area contributed by atoms with Gasteiger partial charge in [0.05, 0.1) is 25.5 Å². The number of guanidine groups is 1. The number of hydrogen-bond donors (Lipinski definition) is 3. The molecule has 0 radical (unpaired) electrons. The van der Waals surface area contributed by atoms with Gasteiger partial charge in [0.2, 0.25) is 10.0 Å². The fraction of sp³-hybridized carbons (Fsp3) is 0.632. The second-order valence-corrected chi connectivity index (χ2v) is 8.73. The maximum atomic E-state index is 11.5. The minimum atomic E-state index is -3.18. The summed E-state index contributed by atoms with van der Waals surface area (Å²) in [6.07, 6.45) is 0.983. The molecule has 1 saturated heterocycles. The first-order valence-corrected chi connectivity index (χ1v) is 11.4. The van der Waals surface area contributed by atoms with E-state index >= 15 is 0 Å². The van der Waals surface area contributed by atoms with Gasteiger partial charge in [-0.15, -0.1) is 24.0 Å². The number of ether oxygens (including phenoxy) is 2. The molecule has 1 heterocycles. The largest absolute Gasteiger partial charge is 0.488 e. The van der Waals surface area contributed by atoms with Crippen LogP contribution >= 0.6 is 24.0 Å². The summed E-state index contributed by atoms with van der Waals surface area (Å²) in [5.41, 5.74) is 2.14. The maximum Gasteiger partial charge on any atom is 0.211 e. The fourth-order valence-electron chi connectivity index (χ4n) is 2.68. The summed E-state index contributed by atoms with van der Waals surface area (Å²) in [5.74, 6) is 1.54. The predicted octanol–water partition coefficient (Wildman–Crippen LogP) is 1.78. The fourth-order valence-corrected chi connectivity index (χ4v) is 3.30. The average molecular weight is 540 g/mol. The Bertz CT molecular complexity index is 753. The SMILES string of the molecule is CCNC(=NCc1ccc(C)cc1OC1CCOC1)NCCNS(=O)(=O)CC.I. The molecule has 1 aliphatic rings. The lowest BCUT2D eigenvalue weighted by Crippen LogP contribution is -2.41. The average Bonchev–Trinajstić information content (AvgIpc) is 3.17. The third-order valence-electron chi connectivity index (χ3n) is 4.28. The van der Waals surface area contributed by atoms with Crippen LogP contribution in [0.4, 0.5) is 0 Å². The molecule has 1 aromatic rings. The molecule has 1 aromatic carbocycles. The summed E-state index contributed by atoms with van der Waals surface area (Å²) in [6, 6.07) is 6.11. The normalized spacial score (nSPS) is 16.9. The minimum absolute atomic E-state index is 0. The first kappa shape index (κ1) is 25.9. The Labute approximate surface area is 191 Å². The van der Waals surface area contributed by atoms with E-state index in [2.05, 4.69) is 20.3 Å². The molecule has 10 heteroatoms. The van der Waals surface area contributed by atoms with Gasteiger partial charge in [0.15, 0.2) is 5.96 Å². The summed E-state index contributed by atoms with van der Waals surface area (Å²) in [7, 11) is -3.18. The van der Waals surface area contributed by atoms with E-state index in [-0.39, 0.29) is 35.8 Å². The van der Waals surface area contributed by atoms with Crippen molar-refractivity contribution in [2.45, 2.75) is 39.8 Å². The van der Waals surface area contributed by atoms with Gasteiger partial charge in [-0.1, -0.05) is 12.1 Å². The highest BCUT2D eigenvalue weighted by atomic mass is 127. The summed E-state index contributed by atoms with van der Waals surface area (Å²) in [4.78, 5) is 4.61. The third kappa shape index (κ3) is 9.49.